The molecule has 0 aliphatic rings. The Morgan fingerprint density at radius 3 is 2.56 bits per heavy atom. The van der Waals surface area contributed by atoms with Gasteiger partial charge in [-0.15, -0.1) is 0 Å². The van der Waals surface area contributed by atoms with Crippen molar-refractivity contribution in [3.8, 4) is 0 Å². The summed E-state index contributed by atoms with van der Waals surface area (Å²) in [6.45, 7) is 2.11. The summed E-state index contributed by atoms with van der Waals surface area (Å²) in [5.74, 6) is 0.0449. The number of Topliss-reactive ketones (excluding diaryl/α,β-unsaturated/α-hetero) is 1. The van der Waals surface area contributed by atoms with E-state index in [1.165, 1.54) is 6.92 Å². The van der Waals surface area contributed by atoms with Crippen molar-refractivity contribution in [2.24, 2.45) is 11.5 Å². The van der Waals surface area contributed by atoms with Gasteiger partial charge in [0.05, 0.1) is 6.04 Å². The number of ketones is 1. The number of nitrogens with two attached hydrogens (primary N) is 2. The molecule has 3 heteroatoms. The van der Waals surface area contributed by atoms with Crippen LogP contribution in [0.4, 0.5) is 0 Å². The lowest BCUT2D eigenvalue weighted by Crippen LogP contribution is -2.28. The molecule has 0 aromatic carbocycles. The van der Waals surface area contributed by atoms with Crippen LogP contribution >= 0.6 is 0 Å². The Morgan fingerprint density at radius 1 is 1.67 bits per heavy atom. The largest absolute Gasteiger partial charge is 0.330 e. The predicted molar refractivity (Wildman–Crippen MR) is 36.9 cm³/mol. The van der Waals surface area contributed by atoms with E-state index < -0.39 is 0 Å². The van der Waals surface area contributed by atoms with Crippen molar-refractivity contribution in [3.05, 3.63) is 0 Å². The average Bonchev–Trinajstić information content (AvgIpc) is 1.82. The highest BCUT2D eigenvalue weighted by atomic mass is 16.1. The van der Waals surface area contributed by atoms with Crippen molar-refractivity contribution in [1.29, 1.82) is 0 Å². The fourth-order valence-corrected chi connectivity index (χ4v) is 0.541. The summed E-state index contributed by atoms with van der Waals surface area (Å²) in [4.78, 5) is 10.5. The van der Waals surface area contributed by atoms with Crippen LogP contribution in [0.25, 0.3) is 0 Å². The molecular formula is C6H14N2O. The first-order valence-corrected chi connectivity index (χ1v) is 3.14. The zero-order chi connectivity index (χ0) is 7.28. The second-order valence-corrected chi connectivity index (χ2v) is 2.15. The monoisotopic (exact) mass is 130 g/mol. The highest BCUT2D eigenvalue weighted by Gasteiger charge is 2.05. The molecule has 0 radical (unpaired) electrons. The molecule has 1 atom stereocenters. The van der Waals surface area contributed by atoms with Gasteiger partial charge in [-0.2, -0.15) is 0 Å². The first-order chi connectivity index (χ1) is 4.18. The average molecular weight is 130 g/mol. The van der Waals surface area contributed by atoms with E-state index in [0.29, 0.717) is 13.0 Å². The van der Waals surface area contributed by atoms with Crippen LogP contribution in [0.1, 0.15) is 19.8 Å². The van der Waals surface area contributed by atoms with Gasteiger partial charge in [0.15, 0.2) is 0 Å². The van der Waals surface area contributed by atoms with Crippen molar-refractivity contribution >= 4 is 5.78 Å². The molecule has 0 fully saturated rings. The van der Waals surface area contributed by atoms with E-state index in [4.69, 9.17) is 11.5 Å². The summed E-state index contributed by atoms with van der Waals surface area (Å²) < 4.78 is 0. The second kappa shape index (κ2) is 4.47. The zero-order valence-electron chi connectivity index (χ0n) is 5.76. The lowest BCUT2D eigenvalue weighted by Gasteiger charge is -2.04. The van der Waals surface area contributed by atoms with E-state index in [1.54, 1.807) is 0 Å². The Bertz CT molecular complexity index is 93.1. The van der Waals surface area contributed by atoms with Crippen molar-refractivity contribution in [3.63, 3.8) is 0 Å². The summed E-state index contributed by atoms with van der Waals surface area (Å²) in [5.41, 5.74) is 10.6. The van der Waals surface area contributed by atoms with Gasteiger partial charge in [0.25, 0.3) is 0 Å². The van der Waals surface area contributed by atoms with Crippen LogP contribution in [0.15, 0.2) is 0 Å². The molecule has 0 aromatic rings. The molecule has 4 N–H and O–H groups in total. The van der Waals surface area contributed by atoms with E-state index in [0.717, 1.165) is 6.42 Å². The van der Waals surface area contributed by atoms with E-state index >= 15 is 0 Å². The Morgan fingerprint density at radius 2 is 2.22 bits per heavy atom. The fourth-order valence-electron chi connectivity index (χ4n) is 0.541. The van der Waals surface area contributed by atoms with Crippen LogP contribution in [-0.4, -0.2) is 18.4 Å². The third kappa shape index (κ3) is 4.12. The van der Waals surface area contributed by atoms with E-state index in [9.17, 15) is 4.79 Å². The lowest BCUT2D eigenvalue weighted by atomic mass is 10.1. The summed E-state index contributed by atoms with van der Waals surface area (Å²) in [6.07, 6.45) is 1.55. The van der Waals surface area contributed by atoms with Gasteiger partial charge in [0, 0.05) is 0 Å². The normalized spacial score (nSPS) is 13.2. The summed E-state index contributed by atoms with van der Waals surface area (Å²) in [5, 5.41) is 0. The van der Waals surface area contributed by atoms with E-state index in [1.807, 2.05) is 0 Å². The van der Waals surface area contributed by atoms with Crippen LogP contribution in [-0.2, 0) is 4.79 Å². The van der Waals surface area contributed by atoms with Gasteiger partial charge in [0.2, 0.25) is 0 Å². The van der Waals surface area contributed by atoms with Crippen molar-refractivity contribution in [2.45, 2.75) is 25.8 Å². The van der Waals surface area contributed by atoms with Crippen LogP contribution < -0.4 is 11.5 Å². The van der Waals surface area contributed by atoms with Gasteiger partial charge in [-0.05, 0) is 26.3 Å². The van der Waals surface area contributed by atoms with Crippen molar-refractivity contribution in [1.82, 2.24) is 0 Å². The maximum Gasteiger partial charge on any atom is 0.146 e. The molecule has 0 spiro atoms. The minimum atomic E-state index is -0.298. The minimum Gasteiger partial charge on any atom is -0.330 e. The van der Waals surface area contributed by atoms with Crippen LogP contribution in [0.2, 0.25) is 0 Å². The smallest absolute Gasteiger partial charge is 0.146 e. The maximum absolute atomic E-state index is 10.5. The van der Waals surface area contributed by atoms with Gasteiger partial charge < -0.3 is 11.5 Å². The molecule has 0 amide bonds. The molecule has 9 heavy (non-hydrogen) atoms. The molecule has 0 saturated heterocycles. The number of carbonyl (C=O) groups is 1. The highest BCUT2D eigenvalue weighted by molar-refractivity contribution is 5.80. The minimum absolute atomic E-state index is 0.0449. The third-order valence-corrected chi connectivity index (χ3v) is 1.24. The molecular weight excluding hydrogens is 116 g/mol. The number of hydrogen-bond acceptors (Lipinski definition) is 3. The summed E-state index contributed by atoms with van der Waals surface area (Å²) in [7, 11) is 0. The van der Waals surface area contributed by atoms with Gasteiger partial charge in [-0.1, -0.05) is 0 Å². The maximum atomic E-state index is 10.5. The second-order valence-electron chi connectivity index (χ2n) is 2.15. The Hall–Kier alpha value is -0.410. The fraction of sp³-hybridized carbons (Fsp3) is 0.833. The Kier molecular flexibility index (Phi) is 4.26. The molecule has 0 aliphatic heterocycles. The van der Waals surface area contributed by atoms with Crippen molar-refractivity contribution < 1.29 is 4.79 Å². The number of hydrogen-bond donors (Lipinski definition) is 2. The number of rotatable bonds is 4. The summed E-state index contributed by atoms with van der Waals surface area (Å²) in [6, 6.07) is -0.298. The Labute approximate surface area is 55.4 Å². The Balaban J connectivity index is 3.27. The van der Waals surface area contributed by atoms with Crippen LogP contribution in [0.3, 0.4) is 0 Å². The lowest BCUT2D eigenvalue weighted by molar-refractivity contribution is -0.118. The van der Waals surface area contributed by atoms with E-state index in [2.05, 4.69) is 0 Å². The third-order valence-electron chi connectivity index (χ3n) is 1.24. The summed E-state index contributed by atoms with van der Waals surface area (Å²) >= 11 is 0. The quantitative estimate of drug-likeness (QED) is 0.546. The predicted octanol–water partition coefficient (Wildman–Crippen LogP) is -0.358. The molecule has 0 rings (SSSR count). The molecule has 0 heterocycles. The molecule has 3 nitrogen and oxygen atoms in total. The molecule has 0 saturated carbocycles. The van der Waals surface area contributed by atoms with Crippen molar-refractivity contribution in [2.75, 3.05) is 6.54 Å². The molecule has 0 bridgehead atoms. The highest BCUT2D eigenvalue weighted by Crippen LogP contribution is 1.92. The zero-order valence-corrected chi connectivity index (χ0v) is 5.76. The topological polar surface area (TPSA) is 69.1 Å². The first kappa shape index (κ1) is 8.59. The standard InChI is InChI=1S/C6H14N2O/c1-5(9)6(8)3-2-4-7/h6H,2-4,7-8H2,1H3/t6-/m1/s1. The molecule has 0 aliphatic carbocycles. The van der Waals surface area contributed by atoms with Gasteiger partial charge in [-0.3, -0.25) is 4.79 Å². The molecule has 0 unspecified atom stereocenters. The van der Waals surface area contributed by atoms with E-state index in [-0.39, 0.29) is 11.8 Å². The van der Waals surface area contributed by atoms with Gasteiger partial charge in [-0.25, -0.2) is 0 Å². The first-order valence-electron chi connectivity index (χ1n) is 3.14. The van der Waals surface area contributed by atoms with Crippen LogP contribution in [0, 0.1) is 0 Å². The SMILES string of the molecule is CC(=O)[C@H](N)CCCN. The molecule has 54 valence electrons. The molecule has 0 aromatic heterocycles. The number of carbonyl (C=O) groups excluding carboxylic acids is 1. The van der Waals surface area contributed by atoms with Gasteiger partial charge in [0.1, 0.15) is 5.78 Å². The van der Waals surface area contributed by atoms with Gasteiger partial charge >= 0.3 is 0 Å². The van der Waals surface area contributed by atoms with Crippen LogP contribution in [0.5, 0.6) is 0 Å².